The van der Waals surface area contributed by atoms with E-state index in [0.717, 1.165) is 5.56 Å². The summed E-state index contributed by atoms with van der Waals surface area (Å²) in [4.78, 5) is 11.1. The van der Waals surface area contributed by atoms with Crippen molar-refractivity contribution >= 4 is 11.9 Å². The molecule has 0 aromatic heterocycles. The van der Waals surface area contributed by atoms with Gasteiger partial charge in [-0.2, -0.15) is 0 Å². The van der Waals surface area contributed by atoms with Crippen LogP contribution >= 0.6 is 0 Å². The topological polar surface area (TPSA) is 35.5 Å². The highest BCUT2D eigenvalue weighted by atomic mass is 16.5. The van der Waals surface area contributed by atoms with Crippen molar-refractivity contribution in [2.45, 2.75) is 13.8 Å². The number of hydrogen-bond acceptors (Lipinski definition) is 3. The van der Waals surface area contributed by atoms with Crippen molar-refractivity contribution < 1.29 is 14.3 Å². The number of benzene rings is 1. The van der Waals surface area contributed by atoms with Crippen molar-refractivity contribution in [2.24, 2.45) is 0 Å². The summed E-state index contributed by atoms with van der Waals surface area (Å²) in [7, 11) is 3.18. The standard InChI is InChI=1S/C13H16O3/c1-9(10(2)14)7-11-5-6-12(15-3)13(8-11)16-4/h5-8H,1-4H3/b9-7+. The number of allylic oxidation sites excluding steroid dienone is 1. The fourth-order valence-electron chi connectivity index (χ4n) is 1.29. The van der Waals surface area contributed by atoms with Gasteiger partial charge in [0.1, 0.15) is 0 Å². The Hall–Kier alpha value is -1.77. The smallest absolute Gasteiger partial charge is 0.161 e. The summed E-state index contributed by atoms with van der Waals surface area (Å²) in [5.41, 5.74) is 1.64. The van der Waals surface area contributed by atoms with Crippen molar-refractivity contribution in [1.29, 1.82) is 0 Å². The van der Waals surface area contributed by atoms with E-state index < -0.39 is 0 Å². The molecule has 3 nitrogen and oxygen atoms in total. The second kappa shape index (κ2) is 5.35. The molecule has 0 unspecified atom stereocenters. The van der Waals surface area contributed by atoms with Crippen molar-refractivity contribution in [1.82, 2.24) is 0 Å². The molecule has 86 valence electrons. The monoisotopic (exact) mass is 220 g/mol. The van der Waals surface area contributed by atoms with E-state index in [1.807, 2.05) is 24.3 Å². The highest BCUT2D eigenvalue weighted by molar-refractivity contribution is 5.97. The van der Waals surface area contributed by atoms with Gasteiger partial charge in [-0.25, -0.2) is 0 Å². The summed E-state index contributed by atoms with van der Waals surface area (Å²) in [5, 5.41) is 0. The number of carbonyl (C=O) groups excluding carboxylic acids is 1. The molecule has 0 saturated heterocycles. The molecular formula is C13H16O3. The number of ether oxygens (including phenoxy) is 2. The third kappa shape index (κ3) is 2.86. The van der Waals surface area contributed by atoms with Gasteiger partial charge >= 0.3 is 0 Å². The molecule has 1 aromatic carbocycles. The van der Waals surface area contributed by atoms with Crippen LogP contribution in [0.2, 0.25) is 0 Å². The summed E-state index contributed by atoms with van der Waals surface area (Å²) in [6.45, 7) is 3.34. The molecule has 0 bridgehead atoms. The molecule has 1 rings (SSSR count). The number of carbonyl (C=O) groups is 1. The Bertz CT molecular complexity index is 419. The zero-order chi connectivity index (χ0) is 12.1. The number of ketones is 1. The molecule has 0 fully saturated rings. The Balaban J connectivity index is 3.09. The molecule has 0 aliphatic rings. The average molecular weight is 220 g/mol. The van der Waals surface area contributed by atoms with E-state index in [1.165, 1.54) is 0 Å². The maximum absolute atomic E-state index is 11.1. The number of hydrogen-bond donors (Lipinski definition) is 0. The van der Waals surface area contributed by atoms with Crippen LogP contribution in [0.15, 0.2) is 23.8 Å². The molecule has 0 saturated carbocycles. The van der Waals surface area contributed by atoms with Gasteiger partial charge in [0.05, 0.1) is 14.2 Å². The minimum absolute atomic E-state index is 0.0646. The zero-order valence-electron chi connectivity index (χ0n) is 10.0. The third-order valence-corrected chi connectivity index (χ3v) is 2.35. The second-order valence-electron chi connectivity index (χ2n) is 3.50. The van der Waals surface area contributed by atoms with Crippen LogP contribution < -0.4 is 9.47 Å². The van der Waals surface area contributed by atoms with E-state index >= 15 is 0 Å². The van der Waals surface area contributed by atoms with Crippen molar-refractivity contribution in [3.63, 3.8) is 0 Å². The zero-order valence-corrected chi connectivity index (χ0v) is 10.0. The molecule has 0 aliphatic heterocycles. The van der Waals surface area contributed by atoms with E-state index in [4.69, 9.17) is 9.47 Å². The van der Waals surface area contributed by atoms with E-state index in [1.54, 1.807) is 28.1 Å². The number of rotatable bonds is 4. The molecule has 0 spiro atoms. The number of Topliss-reactive ketones (excluding diaryl/α,β-unsaturated/α-hetero) is 1. The first-order valence-corrected chi connectivity index (χ1v) is 4.99. The lowest BCUT2D eigenvalue weighted by Gasteiger charge is -2.08. The largest absolute Gasteiger partial charge is 0.493 e. The summed E-state index contributed by atoms with van der Waals surface area (Å²) in [5.74, 6) is 1.41. The van der Waals surface area contributed by atoms with E-state index in [2.05, 4.69) is 0 Å². The Morgan fingerprint density at radius 3 is 2.25 bits per heavy atom. The van der Waals surface area contributed by atoms with Gasteiger partial charge in [0.2, 0.25) is 0 Å². The van der Waals surface area contributed by atoms with Crippen molar-refractivity contribution in [3.8, 4) is 11.5 Å². The summed E-state index contributed by atoms with van der Waals surface area (Å²) < 4.78 is 10.3. The van der Waals surface area contributed by atoms with Crippen LogP contribution in [0.4, 0.5) is 0 Å². The number of methoxy groups -OCH3 is 2. The fraction of sp³-hybridized carbons (Fsp3) is 0.308. The van der Waals surface area contributed by atoms with Gasteiger partial charge in [-0.15, -0.1) is 0 Å². The van der Waals surface area contributed by atoms with Gasteiger partial charge in [0, 0.05) is 0 Å². The first kappa shape index (κ1) is 12.3. The predicted molar refractivity (Wildman–Crippen MR) is 63.9 cm³/mol. The molecule has 0 atom stereocenters. The van der Waals surface area contributed by atoms with Crippen LogP contribution in [0.3, 0.4) is 0 Å². The molecule has 0 amide bonds. The molecule has 0 radical (unpaired) electrons. The lowest BCUT2D eigenvalue weighted by Crippen LogP contribution is -1.93. The SMILES string of the molecule is COc1ccc(/C=C(\C)C(C)=O)cc1OC. The van der Waals surface area contributed by atoms with Crippen molar-refractivity contribution in [2.75, 3.05) is 14.2 Å². The first-order valence-electron chi connectivity index (χ1n) is 4.99. The minimum Gasteiger partial charge on any atom is -0.493 e. The summed E-state index contributed by atoms with van der Waals surface area (Å²) in [6, 6.07) is 5.54. The van der Waals surface area contributed by atoms with Crippen molar-refractivity contribution in [3.05, 3.63) is 29.3 Å². The van der Waals surface area contributed by atoms with Crippen LogP contribution in [0.1, 0.15) is 19.4 Å². The van der Waals surface area contributed by atoms with Crippen LogP contribution in [-0.2, 0) is 4.79 Å². The third-order valence-electron chi connectivity index (χ3n) is 2.35. The maximum atomic E-state index is 11.1. The first-order chi connectivity index (χ1) is 7.58. The minimum atomic E-state index is 0.0646. The van der Waals surface area contributed by atoms with Crippen LogP contribution in [0, 0.1) is 0 Å². The molecule has 0 aliphatic carbocycles. The fourth-order valence-corrected chi connectivity index (χ4v) is 1.29. The van der Waals surface area contributed by atoms with Gasteiger partial charge in [-0.05, 0) is 43.2 Å². The van der Waals surface area contributed by atoms with E-state index in [9.17, 15) is 4.79 Å². The quantitative estimate of drug-likeness (QED) is 0.732. The Labute approximate surface area is 95.7 Å². The molecule has 3 heteroatoms. The average Bonchev–Trinajstić information content (AvgIpc) is 2.28. The second-order valence-corrected chi connectivity index (χ2v) is 3.50. The highest BCUT2D eigenvalue weighted by Gasteiger charge is 2.04. The summed E-state index contributed by atoms with van der Waals surface area (Å²) >= 11 is 0. The Kier molecular flexibility index (Phi) is 4.11. The highest BCUT2D eigenvalue weighted by Crippen LogP contribution is 2.28. The Morgan fingerprint density at radius 2 is 1.75 bits per heavy atom. The Morgan fingerprint density at radius 1 is 1.12 bits per heavy atom. The molecule has 16 heavy (non-hydrogen) atoms. The van der Waals surface area contributed by atoms with Crippen LogP contribution in [-0.4, -0.2) is 20.0 Å². The van der Waals surface area contributed by atoms with Crippen LogP contribution in [0.5, 0.6) is 11.5 Å². The molecular weight excluding hydrogens is 204 g/mol. The molecule has 0 N–H and O–H groups in total. The predicted octanol–water partition coefficient (Wildman–Crippen LogP) is 2.70. The lowest BCUT2D eigenvalue weighted by atomic mass is 10.1. The van der Waals surface area contributed by atoms with Gasteiger partial charge in [0.15, 0.2) is 17.3 Å². The van der Waals surface area contributed by atoms with E-state index in [-0.39, 0.29) is 5.78 Å². The van der Waals surface area contributed by atoms with Gasteiger partial charge < -0.3 is 9.47 Å². The van der Waals surface area contributed by atoms with Gasteiger partial charge in [0.25, 0.3) is 0 Å². The molecule has 0 heterocycles. The lowest BCUT2D eigenvalue weighted by molar-refractivity contribution is -0.113. The molecule has 1 aromatic rings. The van der Waals surface area contributed by atoms with E-state index in [0.29, 0.717) is 17.1 Å². The normalized spacial score (nSPS) is 11.1. The van der Waals surface area contributed by atoms with Gasteiger partial charge in [-0.1, -0.05) is 6.07 Å². The maximum Gasteiger partial charge on any atom is 0.161 e. The van der Waals surface area contributed by atoms with Crippen LogP contribution in [0.25, 0.3) is 6.08 Å². The summed E-state index contributed by atoms with van der Waals surface area (Å²) in [6.07, 6.45) is 1.82. The van der Waals surface area contributed by atoms with Gasteiger partial charge in [-0.3, -0.25) is 4.79 Å².